The van der Waals surface area contributed by atoms with Gasteiger partial charge in [0.1, 0.15) is 5.82 Å². The maximum Gasteiger partial charge on any atom is 0.308 e. The van der Waals surface area contributed by atoms with Crippen LogP contribution in [0.25, 0.3) is 0 Å². The predicted molar refractivity (Wildman–Crippen MR) is 64.2 cm³/mol. The number of hydrogen-bond donors (Lipinski definition) is 2. The van der Waals surface area contributed by atoms with Gasteiger partial charge in [-0.3, -0.25) is 4.79 Å². The minimum absolute atomic E-state index is 0.295. The Morgan fingerprint density at radius 1 is 1.65 bits per heavy atom. The van der Waals surface area contributed by atoms with Crippen molar-refractivity contribution in [2.45, 2.75) is 12.8 Å². The maximum absolute atomic E-state index is 11.0. The van der Waals surface area contributed by atoms with Gasteiger partial charge in [-0.05, 0) is 18.9 Å². The second-order valence-corrected chi connectivity index (χ2v) is 4.11. The zero-order valence-corrected chi connectivity index (χ0v) is 9.76. The fourth-order valence-electron chi connectivity index (χ4n) is 2.03. The van der Waals surface area contributed by atoms with Crippen molar-refractivity contribution < 1.29 is 9.90 Å². The Kier molecular flexibility index (Phi) is 3.41. The number of carbonyl (C=O) groups is 1. The molecular formula is C11H16N4O2. The minimum Gasteiger partial charge on any atom is -0.481 e. The molecule has 6 heteroatoms. The topological polar surface area (TPSA) is 78.4 Å². The van der Waals surface area contributed by atoms with Crippen LogP contribution < -0.4 is 10.2 Å². The van der Waals surface area contributed by atoms with E-state index in [9.17, 15) is 4.79 Å². The lowest BCUT2D eigenvalue weighted by atomic mass is 9.98. The molecule has 0 aliphatic carbocycles. The maximum atomic E-state index is 11.0. The van der Waals surface area contributed by atoms with Gasteiger partial charge in [-0.25, -0.2) is 4.98 Å². The van der Waals surface area contributed by atoms with Crippen LogP contribution in [0.1, 0.15) is 12.8 Å². The van der Waals surface area contributed by atoms with Crippen LogP contribution in [-0.4, -0.2) is 41.2 Å². The molecule has 0 radical (unpaired) electrons. The molecular weight excluding hydrogens is 220 g/mol. The molecule has 1 saturated heterocycles. The molecule has 1 atom stereocenters. The summed E-state index contributed by atoms with van der Waals surface area (Å²) in [6.45, 7) is 1.37. The molecule has 0 bridgehead atoms. The minimum atomic E-state index is -0.724. The van der Waals surface area contributed by atoms with E-state index in [1.165, 1.54) is 0 Å². The number of anilines is 2. The molecule has 92 valence electrons. The number of aromatic nitrogens is 2. The van der Waals surface area contributed by atoms with Crippen molar-refractivity contribution in [3.8, 4) is 0 Å². The number of carboxylic acid groups (broad SMARTS) is 1. The quantitative estimate of drug-likeness (QED) is 0.809. The summed E-state index contributed by atoms with van der Waals surface area (Å²) in [5.74, 6) is 0.324. The van der Waals surface area contributed by atoms with Gasteiger partial charge in [0.25, 0.3) is 0 Å². The highest BCUT2D eigenvalue weighted by molar-refractivity contribution is 5.71. The molecule has 0 saturated carbocycles. The molecule has 1 aromatic rings. The summed E-state index contributed by atoms with van der Waals surface area (Å²) in [7, 11) is 1.76. The van der Waals surface area contributed by atoms with E-state index in [1.54, 1.807) is 13.2 Å². The van der Waals surface area contributed by atoms with Gasteiger partial charge in [-0.1, -0.05) is 0 Å². The van der Waals surface area contributed by atoms with E-state index in [1.807, 2.05) is 11.0 Å². The summed E-state index contributed by atoms with van der Waals surface area (Å²) in [6, 6.07) is 1.81. The predicted octanol–water partition coefficient (Wildman–Crippen LogP) is 0.819. The number of nitrogens with zero attached hydrogens (tertiary/aromatic N) is 3. The van der Waals surface area contributed by atoms with Gasteiger partial charge in [0.2, 0.25) is 5.95 Å². The zero-order chi connectivity index (χ0) is 12.3. The molecule has 2 heterocycles. The van der Waals surface area contributed by atoms with Gasteiger partial charge in [0.15, 0.2) is 0 Å². The molecule has 1 fully saturated rings. The number of carboxylic acids is 1. The van der Waals surface area contributed by atoms with E-state index in [4.69, 9.17) is 5.11 Å². The van der Waals surface area contributed by atoms with Crippen LogP contribution in [0.3, 0.4) is 0 Å². The number of hydrogen-bond acceptors (Lipinski definition) is 5. The molecule has 0 aromatic carbocycles. The monoisotopic (exact) mass is 236 g/mol. The Morgan fingerprint density at radius 2 is 2.47 bits per heavy atom. The highest BCUT2D eigenvalue weighted by Gasteiger charge is 2.26. The Hall–Kier alpha value is -1.85. The molecule has 17 heavy (non-hydrogen) atoms. The largest absolute Gasteiger partial charge is 0.481 e. The lowest BCUT2D eigenvalue weighted by Gasteiger charge is -2.31. The van der Waals surface area contributed by atoms with E-state index in [-0.39, 0.29) is 5.92 Å². The lowest BCUT2D eigenvalue weighted by Crippen LogP contribution is -2.39. The van der Waals surface area contributed by atoms with Crippen molar-refractivity contribution in [1.82, 2.24) is 9.97 Å². The van der Waals surface area contributed by atoms with Crippen LogP contribution in [0.4, 0.5) is 11.8 Å². The van der Waals surface area contributed by atoms with E-state index >= 15 is 0 Å². The van der Waals surface area contributed by atoms with E-state index < -0.39 is 5.97 Å². The summed E-state index contributed by atoms with van der Waals surface area (Å²) in [6.07, 6.45) is 3.31. The highest BCUT2D eigenvalue weighted by atomic mass is 16.4. The first-order chi connectivity index (χ1) is 8.20. The second-order valence-electron chi connectivity index (χ2n) is 4.11. The Labute approximate surface area is 99.7 Å². The van der Waals surface area contributed by atoms with Crippen molar-refractivity contribution in [2.75, 3.05) is 30.4 Å². The Morgan fingerprint density at radius 3 is 3.18 bits per heavy atom. The average molecular weight is 236 g/mol. The number of aliphatic carboxylic acids is 1. The van der Waals surface area contributed by atoms with Crippen molar-refractivity contribution in [2.24, 2.45) is 5.92 Å². The molecule has 2 N–H and O–H groups in total. The van der Waals surface area contributed by atoms with Gasteiger partial charge < -0.3 is 15.3 Å². The fourth-order valence-corrected chi connectivity index (χ4v) is 2.03. The Bertz CT molecular complexity index is 410. The average Bonchev–Trinajstić information content (AvgIpc) is 2.39. The van der Waals surface area contributed by atoms with Crippen molar-refractivity contribution in [3.63, 3.8) is 0 Å². The second kappa shape index (κ2) is 4.99. The standard InChI is InChI=1S/C11H16N4O2/c1-12-11-13-5-4-9(14-11)15-6-2-3-8(7-15)10(16)17/h4-5,8H,2-3,6-7H2,1H3,(H,16,17)(H,12,13,14). The van der Waals surface area contributed by atoms with Crippen LogP contribution in [0.2, 0.25) is 0 Å². The van der Waals surface area contributed by atoms with Crippen LogP contribution in [-0.2, 0) is 4.79 Å². The number of rotatable bonds is 3. The smallest absolute Gasteiger partial charge is 0.308 e. The first kappa shape index (κ1) is 11.6. The van der Waals surface area contributed by atoms with Gasteiger partial charge in [0, 0.05) is 26.3 Å². The summed E-state index contributed by atoms with van der Waals surface area (Å²) in [4.78, 5) is 21.3. The summed E-state index contributed by atoms with van der Waals surface area (Å²) in [5.41, 5.74) is 0. The van der Waals surface area contributed by atoms with E-state index in [0.29, 0.717) is 12.5 Å². The number of nitrogens with one attached hydrogen (secondary N) is 1. The molecule has 1 aliphatic rings. The third-order valence-electron chi connectivity index (χ3n) is 2.96. The third-order valence-corrected chi connectivity index (χ3v) is 2.96. The Balaban J connectivity index is 2.13. The van der Waals surface area contributed by atoms with E-state index in [0.717, 1.165) is 25.2 Å². The van der Waals surface area contributed by atoms with Gasteiger partial charge in [0.05, 0.1) is 5.92 Å². The van der Waals surface area contributed by atoms with Crippen LogP contribution >= 0.6 is 0 Å². The van der Waals surface area contributed by atoms with Gasteiger partial charge in [-0.2, -0.15) is 4.98 Å². The normalized spacial score (nSPS) is 20.1. The summed E-state index contributed by atoms with van der Waals surface area (Å²) < 4.78 is 0. The SMILES string of the molecule is CNc1nccc(N2CCCC(C(=O)O)C2)n1. The first-order valence-electron chi connectivity index (χ1n) is 5.69. The molecule has 0 spiro atoms. The molecule has 1 unspecified atom stereocenters. The van der Waals surface area contributed by atoms with E-state index in [2.05, 4.69) is 15.3 Å². The summed E-state index contributed by atoms with van der Waals surface area (Å²) >= 11 is 0. The first-order valence-corrected chi connectivity index (χ1v) is 5.69. The van der Waals surface area contributed by atoms with Gasteiger partial charge >= 0.3 is 5.97 Å². The van der Waals surface area contributed by atoms with Crippen molar-refractivity contribution in [1.29, 1.82) is 0 Å². The molecule has 6 nitrogen and oxygen atoms in total. The van der Waals surface area contributed by atoms with Crippen LogP contribution in [0.5, 0.6) is 0 Å². The lowest BCUT2D eigenvalue weighted by molar-refractivity contribution is -0.141. The van der Waals surface area contributed by atoms with Crippen molar-refractivity contribution >= 4 is 17.7 Å². The third kappa shape index (κ3) is 2.64. The van der Waals surface area contributed by atoms with Crippen LogP contribution in [0, 0.1) is 5.92 Å². The van der Waals surface area contributed by atoms with Crippen LogP contribution in [0.15, 0.2) is 12.3 Å². The zero-order valence-electron chi connectivity index (χ0n) is 9.76. The molecule has 2 rings (SSSR count). The number of piperidine rings is 1. The fraction of sp³-hybridized carbons (Fsp3) is 0.545. The van der Waals surface area contributed by atoms with Gasteiger partial charge in [-0.15, -0.1) is 0 Å². The van der Waals surface area contributed by atoms with Crippen molar-refractivity contribution in [3.05, 3.63) is 12.3 Å². The highest BCUT2D eigenvalue weighted by Crippen LogP contribution is 2.22. The molecule has 0 amide bonds. The summed E-state index contributed by atoms with van der Waals surface area (Å²) in [5, 5.41) is 11.9. The molecule has 1 aliphatic heterocycles. The molecule has 1 aromatic heterocycles.